The van der Waals surface area contributed by atoms with Gasteiger partial charge in [0.1, 0.15) is 10.2 Å². The molecule has 29 heavy (non-hydrogen) atoms. The van der Waals surface area contributed by atoms with Crippen molar-refractivity contribution in [1.82, 2.24) is 5.32 Å². The van der Waals surface area contributed by atoms with Crippen molar-refractivity contribution in [1.29, 1.82) is 0 Å². The summed E-state index contributed by atoms with van der Waals surface area (Å²) in [5.41, 5.74) is 1.36. The topological polar surface area (TPSA) is 84.9 Å². The number of hydrogen-bond acceptors (Lipinski definition) is 5. The first-order chi connectivity index (χ1) is 13.8. The molecule has 3 rings (SSSR count). The number of aromatic carboxylic acids is 1. The number of cyclic esters (lactones) is 1. The van der Waals surface area contributed by atoms with Crippen LogP contribution in [0.3, 0.4) is 0 Å². The highest BCUT2D eigenvalue weighted by atomic mass is 79.9. The predicted octanol–water partition coefficient (Wildman–Crippen LogP) is 4.44. The van der Waals surface area contributed by atoms with Crippen LogP contribution in [0.2, 0.25) is 0 Å². The van der Waals surface area contributed by atoms with Crippen molar-refractivity contribution in [3.63, 3.8) is 0 Å². The molecule has 2 aliphatic rings. The number of carboxylic acids is 1. The molecule has 1 aromatic carbocycles. The normalized spacial score (nSPS) is 27.3. The number of rotatable bonds is 7. The zero-order chi connectivity index (χ0) is 21.1. The second kappa shape index (κ2) is 9.30. The number of benzene rings is 1. The summed E-state index contributed by atoms with van der Waals surface area (Å²) in [6.45, 7) is 6.87. The predicted molar refractivity (Wildman–Crippen MR) is 112 cm³/mol. The summed E-state index contributed by atoms with van der Waals surface area (Å²) in [6.07, 6.45) is 2.42. The molecule has 7 heteroatoms. The molecule has 0 spiro atoms. The fraction of sp³-hybridized carbons (Fsp3) is 0.545. The van der Waals surface area contributed by atoms with Gasteiger partial charge in [-0.2, -0.15) is 0 Å². The van der Waals surface area contributed by atoms with Crippen LogP contribution in [0.25, 0.3) is 0 Å². The minimum Gasteiger partial charge on any atom is -0.478 e. The second-order valence-electron chi connectivity index (χ2n) is 8.28. The first-order valence-electron chi connectivity index (χ1n) is 10.1. The first-order valence-corrected chi connectivity index (χ1v) is 10.9. The molecule has 0 amide bonds. The molecule has 2 N–H and O–H groups in total. The number of halogens is 1. The highest BCUT2D eigenvalue weighted by Crippen LogP contribution is 2.38. The molecular formula is C22H28BrNO5. The van der Waals surface area contributed by atoms with Gasteiger partial charge in [0.05, 0.1) is 11.7 Å². The van der Waals surface area contributed by atoms with E-state index in [1.54, 1.807) is 24.3 Å². The SMILES string of the molecule is CC1CCC(C(C)C)C(OC2OC(=O)C(Br)=C2NCc2ccccc2C(=O)O)C1. The standard InChI is InChI=1S/C22H28BrNO5/c1-12(2)15-9-8-13(3)10-17(15)28-22-19(18(23)21(27)29-22)24-11-14-6-4-5-7-16(14)20(25)26/h4-7,12-13,15,17,22,24H,8-11H2,1-3H3,(H,25,26). The van der Waals surface area contributed by atoms with Gasteiger partial charge in [-0.05, 0) is 58.2 Å². The molecule has 1 fully saturated rings. The maximum absolute atomic E-state index is 12.2. The van der Waals surface area contributed by atoms with Crippen molar-refractivity contribution >= 4 is 27.9 Å². The van der Waals surface area contributed by atoms with Crippen LogP contribution in [0.4, 0.5) is 0 Å². The fourth-order valence-electron chi connectivity index (χ4n) is 4.18. The van der Waals surface area contributed by atoms with Crippen LogP contribution < -0.4 is 5.32 Å². The van der Waals surface area contributed by atoms with Crippen molar-refractivity contribution in [3.05, 3.63) is 45.6 Å². The van der Waals surface area contributed by atoms with Gasteiger partial charge in [-0.1, -0.05) is 45.4 Å². The molecular weight excluding hydrogens is 438 g/mol. The molecule has 1 heterocycles. The molecule has 158 valence electrons. The van der Waals surface area contributed by atoms with E-state index in [-0.39, 0.29) is 18.2 Å². The molecule has 1 saturated carbocycles. The molecule has 1 aliphatic carbocycles. The molecule has 0 radical (unpaired) electrons. The monoisotopic (exact) mass is 465 g/mol. The second-order valence-corrected chi connectivity index (χ2v) is 9.07. The summed E-state index contributed by atoms with van der Waals surface area (Å²) >= 11 is 3.30. The highest BCUT2D eigenvalue weighted by molar-refractivity contribution is 9.12. The quantitative estimate of drug-likeness (QED) is 0.578. The summed E-state index contributed by atoms with van der Waals surface area (Å²) in [6, 6.07) is 6.78. The lowest BCUT2D eigenvalue weighted by atomic mass is 9.75. The lowest BCUT2D eigenvalue weighted by molar-refractivity contribution is -0.182. The van der Waals surface area contributed by atoms with Crippen molar-refractivity contribution in [2.24, 2.45) is 17.8 Å². The van der Waals surface area contributed by atoms with E-state index in [1.807, 2.05) is 0 Å². The number of carboxylic acid groups (broad SMARTS) is 1. The fourth-order valence-corrected chi connectivity index (χ4v) is 4.60. The van der Waals surface area contributed by atoms with Crippen LogP contribution in [0, 0.1) is 17.8 Å². The van der Waals surface area contributed by atoms with E-state index in [2.05, 4.69) is 42.0 Å². The zero-order valence-corrected chi connectivity index (χ0v) is 18.6. The van der Waals surface area contributed by atoms with Crippen LogP contribution in [0.5, 0.6) is 0 Å². The number of ether oxygens (including phenoxy) is 2. The average Bonchev–Trinajstić information content (AvgIpc) is 2.93. The van der Waals surface area contributed by atoms with Gasteiger partial charge >= 0.3 is 11.9 Å². The highest BCUT2D eigenvalue weighted by Gasteiger charge is 2.39. The van der Waals surface area contributed by atoms with E-state index in [9.17, 15) is 14.7 Å². The van der Waals surface area contributed by atoms with Crippen molar-refractivity contribution in [3.8, 4) is 0 Å². The Hall–Kier alpha value is -1.86. The van der Waals surface area contributed by atoms with E-state index >= 15 is 0 Å². The number of nitrogens with one attached hydrogen (secondary N) is 1. The zero-order valence-electron chi connectivity index (χ0n) is 17.0. The third kappa shape index (κ3) is 5.01. The van der Waals surface area contributed by atoms with Gasteiger partial charge in [0.25, 0.3) is 0 Å². The Balaban J connectivity index is 1.75. The Morgan fingerprint density at radius 1 is 1.34 bits per heavy atom. The molecule has 0 saturated heterocycles. The molecule has 6 nitrogen and oxygen atoms in total. The van der Waals surface area contributed by atoms with Crippen molar-refractivity contribution < 1.29 is 24.2 Å². The molecule has 4 unspecified atom stereocenters. The minimum absolute atomic E-state index is 0.0121. The van der Waals surface area contributed by atoms with Crippen LogP contribution in [0.15, 0.2) is 34.4 Å². The summed E-state index contributed by atoms with van der Waals surface area (Å²) in [4.78, 5) is 23.6. The maximum Gasteiger partial charge on any atom is 0.349 e. The number of hydrogen-bond donors (Lipinski definition) is 2. The van der Waals surface area contributed by atoms with E-state index in [1.165, 1.54) is 6.42 Å². The Labute approximate surface area is 179 Å². The first kappa shape index (κ1) is 21.8. The average molecular weight is 466 g/mol. The Morgan fingerprint density at radius 3 is 2.76 bits per heavy atom. The van der Waals surface area contributed by atoms with Crippen LogP contribution in [-0.4, -0.2) is 29.4 Å². The van der Waals surface area contributed by atoms with Gasteiger partial charge in [-0.3, -0.25) is 0 Å². The Bertz CT molecular complexity index is 806. The van der Waals surface area contributed by atoms with E-state index in [0.717, 1.165) is 12.8 Å². The van der Waals surface area contributed by atoms with Crippen LogP contribution >= 0.6 is 15.9 Å². The van der Waals surface area contributed by atoms with Crippen LogP contribution in [0.1, 0.15) is 56.0 Å². The van der Waals surface area contributed by atoms with Gasteiger partial charge in [0.15, 0.2) is 0 Å². The van der Waals surface area contributed by atoms with Gasteiger partial charge in [0.2, 0.25) is 6.29 Å². The molecule has 4 atom stereocenters. The van der Waals surface area contributed by atoms with Gasteiger partial charge in [-0.15, -0.1) is 0 Å². The lowest BCUT2D eigenvalue weighted by Crippen LogP contribution is -2.39. The third-order valence-corrected chi connectivity index (χ3v) is 6.59. The number of carbonyl (C=O) groups is 2. The van der Waals surface area contributed by atoms with Crippen molar-refractivity contribution in [2.75, 3.05) is 0 Å². The van der Waals surface area contributed by atoms with Gasteiger partial charge < -0.3 is 19.9 Å². The Morgan fingerprint density at radius 2 is 2.07 bits per heavy atom. The molecule has 0 bridgehead atoms. The molecule has 1 aromatic rings. The lowest BCUT2D eigenvalue weighted by Gasteiger charge is -2.38. The molecule has 1 aliphatic heterocycles. The number of carbonyl (C=O) groups excluding carboxylic acids is 1. The Kier molecular flexibility index (Phi) is 7.01. The smallest absolute Gasteiger partial charge is 0.349 e. The third-order valence-electron chi connectivity index (χ3n) is 5.84. The summed E-state index contributed by atoms with van der Waals surface area (Å²) in [7, 11) is 0. The largest absolute Gasteiger partial charge is 0.478 e. The van der Waals surface area contributed by atoms with Crippen LogP contribution in [-0.2, 0) is 20.8 Å². The maximum atomic E-state index is 12.2. The van der Waals surface area contributed by atoms with E-state index < -0.39 is 18.2 Å². The minimum atomic E-state index is -0.988. The van der Waals surface area contributed by atoms with Gasteiger partial charge in [-0.25, -0.2) is 9.59 Å². The summed E-state index contributed by atoms with van der Waals surface area (Å²) < 4.78 is 12.1. The van der Waals surface area contributed by atoms with E-state index in [0.29, 0.717) is 33.5 Å². The molecule has 0 aromatic heterocycles. The van der Waals surface area contributed by atoms with Gasteiger partial charge in [0, 0.05) is 6.54 Å². The summed E-state index contributed by atoms with van der Waals surface area (Å²) in [5, 5.41) is 12.5. The summed E-state index contributed by atoms with van der Waals surface area (Å²) in [5.74, 6) is -0.000504. The van der Waals surface area contributed by atoms with Crippen molar-refractivity contribution in [2.45, 2.75) is 59.0 Å². The van der Waals surface area contributed by atoms with E-state index in [4.69, 9.17) is 9.47 Å². The number of esters is 1.